The van der Waals surface area contributed by atoms with Crippen LogP contribution >= 0.6 is 0 Å². The number of nitrogens with two attached hydrogens (primary N) is 1. The van der Waals surface area contributed by atoms with Crippen LogP contribution in [-0.4, -0.2) is 35.7 Å². The molecule has 0 radical (unpaired) electrons. The van der Waals surface area contributed by atoms with Crippen molar-refractivity contribution >= 4 is 11.9 Å². The number of aryl methyl sites for hydroxylation is 2. The minimum absolute atomic E-state index is 0.0251. The van der Waals surface area contributed by atoms with E-state index in [0.717, 1.165) is 23.3 Å². The topological polar surface area (TPSA) is 112 Å². The zero-order chi connectivity index (χ0) is 20.6. The molecule has 0 bridgehead atoms. The number of methoxy groups -OCH3 is 1. The van der Waals surface area contributed by atoms with Crippen LogP contribution in [-0.2, 0) is 28.9 Å². The van der Waals surface area contributed by atoms with Crippen LogP contribution < -0.4 is 16.6 Å². The van der Waals surface area contributed by atoms with E-state index in [1.165, 1.54) is 17.7 Å². The summed E-state index contributed by atoms with van der Waals surface area (Å²) in [5.41, 5.74) is 8.47. The molecule has 2 aromatic heterocycles. The summed E-state index contributed by atoms with van der Waals surface area (Å²) in [6.07, 6.45) is 2.96. The van der Waals surface area contributed by atoms with E-state index in [-0.39, 0.29) is 37.1 Å². The van der Waals surface area contributed by atoms with Gasteiger partial charge in [0, 0.05) is 31.8 Å². The van der Waals surface area contributed by atoms with E-state index in [4.69, 9.17) is 14.9 Å². The largest absolute Gasteiger partial charge is 0.464 e. The van der Waals surface area contributed by atoms with Crippen LogP contribution in [0.15, 0.2) is 57.9 Å². The minimum atomic E-state index is -0.250. The Hall–Kier alpha value is -3.39. The van der Waals surface area contributed by atoms with Gasteiger partial charge in [0.05, 0.1) is 12.0 Å². The number of nitrogen functional groups attached to an aromatic ring is 1. The van der Waals surface area contributed by atoms with Gasteiger partial charge in [-0.3, -0.25) is 14.2 Å². The fraction of sp³-hybridized carbons (Fsp3) is 0.286. The van der Waals surface area contributed by atoms with E-state index in [0.29, 0.717) is 12.1 Å². The van der Waals surface area contributed by atoms with E-state index in [9.17, 15) is 9.59 Å². The third kappa shape index (κ3) is 5.55. The first-order valence-corrected chi connectivity index (χ1v) is 9.31. The maximum absolute atomic E-state index is 12.4. The molecule has 3 aromatic rings. The van der Waals surface area contributed by atoms with E-state index >= 15 is 0 Å². The number of furan rings is 1. The molecule has 0 fully saturated rings. The molecular formula is C21H24N4O4. The first kappa shape index (κ1) is 20.3. The van der Waals surface area contributed by atoms with Gasteiger partial charge in [0.15, 0.2) is 0 Å². The van der Waals surface area contributed by atoms with Crippen molar-refractivity contribution < 1.29 is 13.9 Å². The van der Waals surface area contributed by atoms with Gasteiger partial charge in [0.2, 0.25) is 11.9 Å². The summed E-state index contributed by atoms with van der Waals surface area (Å²) >= 11 is 0. The summed E-state index contributed by atoms with van der Waals surface area (Å²) in [5.74, 6) is 0.702. The zero-order valence-electron chi connectivity index (χ0n) is 16.3. The second-order valence-corrected chi connectivity index (χ2v) is 6.56. The van der Waals surface area contributed by atoms with Crippen LogP contribution in [0, 0.1) is 0 Å². The van der Waals surface area contributed by atoms with Crippen LogP contribution in [0.5, 0.6) is 0 Å². The first-order valence-electron chi connectivity index (χ1n) is 9.31. The predicted octanol–water partition coefficient (Wildman–Crippen LogP) is 1.63. The lowest BCUT2D eigenvalue weighted by atomic mass is 10.0. The molecule has 3 N–H and O–H groups in total. The number of ether oxygens (including phenoxy) is 1. The third-order valence-corrected chi connectivity index (χ3v) is 4.43. The summed E-state index contributed by atoms with van der Waals surface area (Å²) in [7, 11) is 1.44. The molecule has 0 spiro atoms. The summed E-state index contributed by atoms with van der Waals surface area (Å²) in [5, 5.41) is 2.65. The maximum atomic E-state index is 12.4. The summed E-state index contributed by atoms with van der Waals surface area (Å²) < 4.78 is 11.5. The SMILES string of the molecule is COCC(=O)NCCn1c(N)nc(CCc2cccc(-c3ccco3)c2)cc1=O. The average Bonchev–Trinajstić information content (AvgIpc) is 3.24. The molecule has 0 aliphatic heterocycles. The third-order valence-electron chi connectivity index (χ3n) is 4.43. The molecule has 8 heteroatoms. The molecule has 0 saturated carbocycles. The number of nitrogens with one attached hydrogen (secondary N) is 1. The van der Waals surface area contributed by atoms with Crippen molar-refractivity contribution in [1.82, 2.24) is 14.9 Å². The summed E-state index contributed by atoms with van der Waals surface area (Å²) in [6, 6.07) is 13.3. The number of rotatable bonds is 9. The van der Waals surface area contributed by atoms with Crippen LogP contribution in [0.25, 0.3) is 11.3 Å². The molecular weight excluding hydrogens is 372 g/mol. The van der Waals surface area contributed by atoms with Gasteiger partial charge in [-0.15, -0.1) is 0 Å². The molecule has 0 atom stereocenters. The van der Waals surface area contributed by atoms with Crippen LogP contribution in [0.1, 0.15) is 11.3 Å². The van der Waals surface area contributed by atoms with Crippen LogP contribution in [0.3, 0.4) is 0 Å². The van der Waals surface area contributed by atoms with Crippen molar-refractivity contribution in [2.75, 3.05) is 26.0 Å². The standard InChI is InChI=1S/C21H24N4O4/c1-28-14-19(26)23-9-10-25-20(27)13-17(24-21(25)22)8-7-15-4-2-5-16(12-15)18-6-3-11-29-18/h2-6,11-13H,7-10,14H2,1H3,(H2,22,24)(H,23,26). The Morgan fingerprint density at radius 3 is 2.83 bits per heavy atom. The monoisotopic (exact) mass is 396 g/mol. The number of benzene rings is 1. The Morgan fingerprint density at radius 1 is 1.24 bits per heavy atom. The highest BCUT2D eigenvalue weighted by Crippen LogP contribution is 2.21. The van der Waals surface area contributed by atoms with Gasteiger partial charge in [0.25, 0.3) is 5.56 Å². The van der Waals surface area contributed by atoms with Crippen molar-refractivity contribution in [1.29, 1.82) is 0 Å². The molecule has 1 amide bonds. The fourth-order valence-corrected chi connectivity index (χ4v) is 3.01. The summed E-state index contributed by atoms with van der Waals surface area (Å²) in [4.78, 5) is 28.1. The number of anilines is 1. The predicted molar refractivity (Wildman–Crippen MR) is 109 cm³/mol. The van der Waals surface area contributed by atoms with Crippen LogP contribution in [0.4, 0.5) is 5.95 Å². The quantitative estimate of drug-likeness (QED) is 0.569. The van der Waals surface area contributed by atoms with E-state index in [2.05, 4.69) is 16.4 Å². The molecule has 1 aromatic carbocycles. The van der Waals surface area contributed by atoms with E-state index < -0.39 is 0 Å². The number of amides is 1. The van der Waals surface area contributed by atoms with Gasteiger partial charge in [0.1, 0.15) is 12.4 Å². The fourth-order valence-electron chi connectivity index (χ4n) is 3.01. The molecule has 0 aliphatic rings. The number of nitrogens with zero attached hydrogens (tertiary/aromatic N) is 2. The molecule has 2 heterocycles. The minimum Gasteiger partial charge on any atom is -0.464 e. The van der Waals surface area contributed by atoms with E-state index in [1.54, 1.807) is 6.26 Å². The Kier molecular flexibility index (Phi) is 6.80. The van der Waals surface area contributed by atoms with Gasteiger partial charge < -0.3 is 20.2 Å². The van der Waals surface area contributed by atoms with Crippen molar-refractivity contribution in [2.45, 2.75) is 19.4 Å². The van der Waals surface area contributed by atoms with Gasteiger partial charge in [-0.05, 0) is 36.6 Å². The van der Waals surface area contributed by atoms with Gasteiger partial charge in [-0.25, -0.2) is 4.98 Å². The van der Waals surface area contributed by atoms with E-state index in [1.807, 2.05) is 30.3 Å². The lowest BCUT2D eigenvalue weighted by Crippen LogP contribution is -2.34. The highest BCUT2D eigenvalue weighted by atomic mass is 16.5. The Balaban J connectivity index is 1.61. The number of hydrogen-bond acceptors (Lipinski definition) is 6. The highest BCUT2D eigenvalue weighted by molar-refractivity contribution is 5.77. The Bertz CT molecular complexity index is 1010. The van der Waals surface area contributed by atoms with Crippen molar-refractivity contribution in [2.24, 2.45) is 0 Å². The maximum Gasteiger partial charge on any atom is 0.255 e. The van der Waals surface area contributed by atoms with Gasteiger partial charge in [-0.2, -0.15) is 0 Å². The zero-order valence-corrected chi connectivity index (χ0v) is 16.3. The Labute approximate surface area is 168 Å². The average molecular weight is 396 g/mol. The number of carbonyl (C=O) groups is 1. The van der Waals surface area contributed by atoms with Gasteiger partial charge in [-0.1, -0.05) is 18.2 Å². The molecule has 0 aliphatic carbocycles. The molecule has 0 saturated heterocycles. The molecule has 0 unspecified atom stereocenters. The second kappa shape index (κ2) is 9.70. The number of hydrogen-bond donors (Lipinski definition) is 2. The molecule has 152 valence electrons. The van der Waals surface area contributed by atoms with Crippen molar-refractivity contribution in [3.63, 3.8) is 0 Å². The molecule has 29 heavy (non-hydrogen) atoms. The van der Waals surface area contributed by atoms with Crippen molar-refractivity contribution in [3.8, 4) is 11.3 Å². The summed E-state index contributed by atoms with van der Waals surface area (Å²) in [6.45, 7) is 0.494. The Morgan fingerprint density at radius 2 is 2.10 bits per heavy atom. The lowest BCUT2D eigenvalue weighted by molar-refractivity contribution is -0.124. The lowest BCUT2D eigenvalue weighted by Gasteiger charge is -2.11. The normalized spacial score (nSPS) is 10.8. The number of aromatic nitrogens is 2. The second-order valence-electron chi connectivity index (χ2n) is 6.56. The van der Waals surface area contributed by atoms with Crippen molar-refractivity contribution in [3.05, 3.63) is 70.3 Å². The first-order chi connectivity index (χ1) is 14.1. The highest BCUT2D eigenvalue weighted by Gasteiger charge is 2.08. The van der Waals surface area contributed by atoms with Gasteiger partial charge >= 0.3 is 0 Å². The number of carbonyl (C=O) groups excluding carboxylic acids is 1. The molecule has 8 nitrogen and oxygen atoms in total. The smallest absolute Gasteiger partial charge is 0.255 e. The van der Waals surface area contributed by atoms with Crippen LogP contribution in [0.2, 0.25) is 0 Å². The molecule has 3 rings (SSSR count).